The Bertz CT molecular complexity index is 153. The van der Waals surface area contributed by atoms with Crippen LogP contribution in [0.2, 0.25) is 0 Å². The first-order valence-corrected chi connectivity index (χ1v) is 4.90. The summed E-state index contributed by atoms with van der Waals surface area (Å²) in [5.41, 5.74) is 1.14. The summed E-state index contributed by atoms with van der Waals surface area (Å²) in [4.78, 5) is 0. The Balaban J connectivity index is 3.70. The zero-order valence-electron chi connectivity index (χ0n) is 8.93. The molecule has 0 nitrogen and oxygen atoms in total. The van der Waals surface area contributed by atoms with Gasteiger partial charge in [-0.1, -0.05) is 51.5 Å². The largest absolute Gasteiger partial charge is 0.0961 e. The van der Waals surface area contributed by atoms with Crippen LogP contribution in [0.25, 0.3) is 0 Å². The molecule has 0 heteroatoms. The minimum absolute atomic E-state index is 0.797. The Hall–Kier alpha value is -0.520. The first kappa shape index (κ1) is 11.5. The second-order valence-electron chi connectivity index (χ2n) is 3.85. The van der Waals surface area contributed by atoms with E-state index in [2.05, 4.69) is 39.5 Å². The van der Waals surface area contributed by atoms with Crippen LogP contribution in [0, 0.1) is 11.8 Å². The number of hydrogen-bond acceptors (Lipinski definition) is 0. The van der Waals surface area contributed by atoms with Crippen LogP contribution in [-0.2, 0) is 0 Å². The van der Waals surface area contributed by atoms with Gasteiger partial charge in [0.2, 0.25) is 0 Å². The fraction of sp³-hybridized carbons (Fsp3) is 0.667. The minimum atomic E-state index is 0.797. The van der Waals surface area contributed by atoms with Crippen LogP contribution in [0.3, 0.4) is 0 Å². The van der Waals surface area contributed by atoms with E-state index in [1.54, 1.807) is 0 Å². The molecular weight excluding hydrogens is 144 g/mol. The van der Waals surface area contributed by atoms with E-state index in [1.807, 2.05) is 6.92 Å². The van der Waals surface area contributed by atoms with Gasteiger partial charge >= 0.3 is 0 Å². The van der Waals surface area contributed by atoms with Gasteiger partial charge in [0.05, 0.1) is 0 Å². The van der Waals surface area contributed by atoms with E-state index in [4.69, 9.17) is 0 Å². The van der Waals surface area contributed by atoms with Crippen molar-refractivity contribution in [3.05, 3.63) is 24.3 Å². The molecule has 0 aliphatic carbocycles. The molecule has 0 aromatic carbocycles. The summed E-state index contributed by atoms with van der Waals surface area (Å²) in [5.74, 6) is 1.63. The van der Waals surface area contributed by atoms with Crippen LogP contribution in [0.5, 0.6) is 0 Å². The lowest BCUT2D eigenvalue weighted by Gasteiger charge is -2.15. The van der Waals surface area contributed by atoms with Gasteiger partial charge in [0.15, 0.2) is 0 Å². The molecule has 0 saturated carbocycles. The van der Waals surface area contributed by atoms with Crippen LogP contribution in [0.15, 0.2) is 24.3 Å². The van der Waals surface area contributed by atoms with Crippen LogP contribution in [0.4, 0.5) is 0 Å². The third kappa shape index (κ3) is 5.17. The molecule has 2 atom stereocenters. The van der Waals surface area contributed by atoms with Crippen molar-refractivity contribution >= 4 is 0 Å². The Morgan fingerprint density at radius 1 is 1.33 bits per heavy atom. The van der Waals surface area contributed by atoms with Gasteiger partial charge in [-0.2, -0.15) is 0 Å². The topological polar surface area (TPSA) is 0 Å². The molecule has 0 N–H and O–H groups in total. The van der Waals surface area contributed by atoms with E-state index in [-0.39, 0.29) is 0 Å². The lowest BCUT2D eigenvalue weighted by Crippen LogP contribution is -2.05. The Morgan fingerprint density at radius 2 is 1.92 bits per heavy atom. The molecule has 0 fully saturated rings. The van der Waals surface area contributed by atoms with Gasteiger partial charge in [-0.25, -0.2) is 0 Å². The highest BCUT2D eigenvalue weighted by atomic mass is 14.1. The minimum Gasteiger partial charge on any atom is -0.0961 e. The normalized spacial score (nSPS) is 16.3. The maximum atomic E-state index is 3.83. The smallest absolute Gasteiger partial charge is 0.0319 e. The Kier molecular flexibility index (Phi) is 5.79. The molecule has 0 radical (unpaired) electrons. The van der Waals surface area contributed by atoms with E-state index < -0.39 is 0 Å². The first-order chi connectivity index (χ1) is 5.57. The summed E-state index contributed by atoms with van der Waals surface area (Å²) >= 11 is 0. The molecule has 0 aromatic rings. The number of hydrogen-bond donors (Lipinski definition) is 0. The monoisotopic (exact) mass is 166 g/mol. The van der Waals surface area contributed by atoms with Gasteiger partial charge in [0.1, 0.15) is 0 Å². The fourth-order valence-electron chi connectivity index (χ4n) is 1.12. The van der Waals surface area contributed by atoms with Crippen molar-refractivity contribution < 1.29 is 0 Å². The predicted octanol–water partition coefficient (Wildman–Crippen LogP) is 4.19. The molecule has 0 rings (SSSR count). The third-order valence-electron chi connectivity index (χ3n) is 2.53. The third-order valence-corrected chi connectivity index (χ3v) is 2.53. The highest BCUT2D eigenvalue weighted by Crippen LogP contribution is 2.18. The molecule has 0 amide bonds. The number of rotatable bonds is 5. The van der Waals surface area contributed by atoms with E-state index in [0.29, 0.717) is 0 Å². The van der Waals surface area contributed by atoms with E-state index in [0.717, 1.165) is 17.4 Å². The lowest BCUT2D eigenvalue weighted by molar-refractivity contribution is 0.380. The van der Waals surface area contributed by atoms with Gasteiger partial charge in [0, 0.05) is 0 Å². The zero-order valence-corrected chi connectivity index (χ0v) is 8.93. The van der Waals surface area contributed by atoms with Crippen molar-refractivity contribution in [1.82, 2.24) is 0 Å². The van der Waals surface area contributed by atoms with Crippen LogP contribution in [0.1, 0.15) is 40.5 Å². The Morgan fingerprint density at radius 3 is 2.33 bits per heavy atom. The maximum Gasteiger partial charge on any atom is -0.0319 e. The molecule has 70 valence electrons. The molecule has 0 aliphatic heterocycles. The van der Waals surface area contributed by atoms with Crippen molar-refractivity contribution in [2.45, 2.75) is 40.5 Å². The summed E-state index contributed by atoms with van der Waals surface area (Å²) in [5, 5.41) is 0. The molecule has 0 aliphatic rings. The molecule has 0 saturated heterocycles. The molecular formula is C12H22. The van der Waals surface area contributed by atoms with Crippen molar-refractivity contribution in [1.29, 1.82) is 0 Å². The Labute approximate surface area is 77.4 Å². The van der Waals surface area contributed by atoms with Gasteiger partial charge in [0.25, 0.3) is 0 Å². The van der Waals surface area contributed by atoms with E-state index in [1.165, 1.54) is 12.8 Å². The van der Waals surface area contributed by atoms with Gasteiger partial charge in [-0.3, -0.25) is 0 Å². The summed E-state index contributed by atoms with van der Waals surface area (Å²) in [6.07, 6.45) is 6.81. The predicted molar refractivity (Wildman–Crippen MR) is 57.2 cm³/mol. The second kappa shape index (κ2) is 6.05. The van der Waals surface area contributed by atoms with Crippen molar-refractivity contribution in [2.75, 3.05) is 0 Å². The van der Waals surface area contributed by atoms with Crippen molar-refractivity contribution in [2.24, 2.45) is 11.8 Å². The van der Waals surface area contributed by atoms with Crippen molar-refractivity contribution in [3.8, 4) is 0 Å². The van der Waals surface area contributed by atoms with Crippen LogP contribution >= 0.6 is 0 Å². The standard InChI is InChI=1S/C12H22/c1-6-11(4)12(5)9-7-8-10(2)3/h7-8,11-12H,2,6,9H2,1,3-5H3/b8-7-. The molecule has 0 aromatic heterocycles. The molecule has 0 heterocycles. The summed E-state index contributed by atoms with van der Waals surface area (Å²) in [7, 11) is 0. The van der Waals surface area contributed by atoms with E-state index in [9.17, 15) is 0 Å². The maximum absolute atomic E-state index is 3.83. The average Bonchev–Trinajstić information content (AvgIpc) is 2.02. The first-order valence-electron chi connectivity index (χ1n) is 4.90. The van der Waals surface area contributed by atoms with Gasteiger partial charge < -0.3 is 0 Å². The number of allylic oxidation sites excluding steroid dienone is 3. The summed E-state index contributed by atoms with van der Waals surface area (Å²) in [6, 6.07) is 0. The van der Waals surface area contributed by atoms with Crippen molar-refractivity contribution in [3.63, 3.8) is 0 Å². The highest BCUT2D eigenvalue weighted by molar-refractivity contribution is 5.10. The zero-order chi connectivity index (χ0) is 9.56. The molecule has 0 spiro atoms. The molecule has 12 heavy (non-hydrogen) atoms. The van der Waals surface area contributed by atoms with Gasteiger partial charge in [-0.15, -0.1) is 0 Å². The molecule has 0 bridgehead atoms. The molecule has 2 unspecified atom stereocenters. The highest BCUT2D eigenvalue weighted by Gasteiger charge is 2.07. The second-order valence-corrected chi connectivity index (χ2v) is 3.85. The van der Waals surface area contributed by atoms with E-state index >= 15 is 0 Å². The van der Waals surface area contributed by atoms with Crippen LogP contribution in [-0.4, -0.2) is 0 Å². The summed E-state index contributed by atoms with van der Waals surface area (Å²) < 4.78 is 0. The van der Waals surface area contributed by atoms with Crippen LogP contribution < -0.4 is 0 Å². The average molecular weight is 166 g/mol. The fourth-order valence-corrected chi connectivity index (χ4v) is 1.12. The quantitative estimate of drug-likeness (QED) is 0.537. The SMILES string of the molecule is C=C(C)/C=C\CC(C)C(C)CC. The summed E-state index contributed by atoms with van der Waals surface area (Å²) in [6.45, 7) is 12.8. The van der Waals surface area contributed by atoms with Gasteiger partial charge in [-0.05, 0) is 25.2 Å². The lowest BCUT2D eigenvalue weighted by atomic mass is 9.91.